The number of nitrogens with one attached hydrogen (secondary N) is 2. The van der Waals surface area contributed by atoms with Gasteiger partial charge in [0.25, 0.3) is 0 Å². The van der Waals surface area contributed by atoms with Crippen LogP contribution in [0.5, 0.6) is 0 Å². The molecule has 17 heavy (non-hydrogen) atoms. The fourth-order valence-corrected chi connectivity index (χ4v) is 1.76. The molecule has 1 aliphatic rings. The average Bonchev–Trinajstić information content (AvgIpc) is 2.61. The third-order valence-corrected chi connectivity index (χ3v) is 2.72. The second-order valence-corrected chi connectivity index (χ2v) is 4.86. The summed E-state index contributed by atoms with van der Waals surface area (Å²) >= 11 is 0. The van der Waals surface area contributed by atoms with Crippen molar-refractivity contribution in [1.29, 1.82) is 0 Å². The zero-order chi connectivity index (χ0) is 13.1. The Hall–Kier alpha value is -1.52. The minimum Gasteiger partial charge on any atom is -0.467 e. The van der Waals surface area contributed by atoms with E-state index >= 15 is 0 Å². The van der Waals surface area contributed by atoms with E-state index in [0.29, 0.717) is 6.04 Å². The predicted molar refractivity (Wildman–Crippen MR) is 64.2 cm³/mol. The number of hydrogen-bond acceptors (Lipinski definition) is 4. The molecule has 0 aromatic carbocycles. The summed E-state index contributed by atoms with van der Waals surface area (Å²) in [6.45, 7) is 5.29. The van der Waals surface area contributed by atoms with Crippen molar-refractivity contribution < 1.29 is 14.3 Å². The van der Waals surface area contributed by atoms with Crippen molar-refractivity contribution in [2.45, 2.75) is 45.2 Å². The van der Waals surface area contributed by atoms with E-state index in [-0.39, 0.29) is 5.91 Å². The number of methoxy groups -OCH3 is 1. The van der Waals surface area contributed by atoms with Crippen LogP contribution in [0, 0.1) is 0 Å². The van der Waals surface area contributed by atoms with Crippen LogP contribution >= 0.6 is 0 Å². The van der Waals surface area contributed by atoms with E-state index in [1.165, 1.54) is 13.2 Å². The molecular formula is C12H20N2O3. The highest BCUT2D eigenvalue weighted by Gasteiger charge is 2.30. The van der Waals surface area contributed by atoms with E-state index in [0.717, 1.165) is 18.5 Å². The molecule has 0 radical (unpaired) electrons. The summed E-state index contributed by atoms with van der Waals surface area (Å²) in [4.78, 5) is 23.1. The largest absolute Gasteiger partial charge is 0.467 e. The molecule has 1 amide bonds. The van der Waals surface area contributed by atoms with Crippen LogP contribution < -0.4 is 10.6 Å². The van der Waals surface area contributed by atoms with E-state index in [1.807, 2.05) is 0 Å². The number of esters is 1. The summed E-state index contributed by atoms with van der Waals surface area (Å²) in [5, 5.41) is 5.82. The van der Waals surface area contributed by atoms with E-state index in [4.69, 9.17) is 0 Å². The average molecular weight is 240 g/mol. The van der Waals surface area contributed by atoms with Crippen LogP contribution in [0.4, 0.5) is 0 Å². The molecule has 0 bridgehead atoms. The van der Waals surface area contributed by atoms with Crippen molar-refractivity contribution in [1.82, 2.24) is 10.6 Å². The fraction of sp³-hybridized carbons (Fsp3) is 0.667. The molecule has 0 aromatic heterocycles. The van der Waals surface area contributed by atoms with Gasteiger partial charge >= 0.3 is 5.97 Å². The summed E-state index contributed by atoms with van der Waals surface area (Å²) in [6.07, 6.45) is 3.40. The smallest absolute Gasteiger partial charge is 0.330 e. The van der Waals surface area contributed by atoms with Gasteiger partial charge in [0, 0.05) is 17.8 Å². The van der Waals surface area contributed by atoms with Crippen molar-refractivity contribution >= 4 is 11.9 Å². The summed E-state index contributed by atoms with van der Waals surface area (Å²) in [6, 6.07) is 0.405. The molecule has 0 unspecified atom stereocenters. The first-order valence-electron chi connectivity index (χ1n) is 5.73. The molecular weight excluding hydrogens is 220 g/mol. The molecule has 5 nitrogen and oxygen atoms in total. The lowest BCUT2D eigenvalue weighted by Crippen LogP contribution is -2.50. The van der Waals surface area contributed by atoms with Gasteiger partial charge in [0.05, 0.1) is 7.11 Å². The number of allylic oxidation sites excluding steroid dienone is 1. The molecule has 1 atom stereocenters. The van der Waals surface area contributed by atoms with Crippen molar-refractivity contribution in [2.24, 2.45) is 0 Å². The van der Waals surface area contributed by atoms with E-state index in [9.17, 15) is 9.59 Å². The van der Waals surface area contributed by atoms with Gasteiger partial charge in [0.15, 0.2) is 0 Å². The first-order valence-corrected chi connectivity index (χ1v) is 5.73. The highest BCUT2D eigenvalue weighted by atomic mass is 16.5. The fourth-order valence-electron chi connectivity index (χ4n) is 1.76. The first kappa shape index (κ1) is 13.5. The van der Waals surface area contributed by atoms with Crippen molar-refractivity contribution in [2.75, 3.05) is 7.11 Å². The Morgan fingerprint density at radius 3 is 2.65 bits per heavy atom. The topological polar surface area (TPSA) is 67.4 Å². The van der Waals surface area contributed by atoms with E-state index in [2.05, 4.69) is 22.3 Å². The molecule has 2 N–H and O–H groups in total. The molecule has 1 rings (SSSR count). The Morgan fingerprint density at radius 1 is 1.53 bits per heavy atom. The number of hydrogen-bond donors (Lipinski definition) is 2. The Bertz CT molecular complexity index is 348. The molecule has 0 spiro atoms. The van der Waals surface area contributed by atoms with Crippen LogP contribution in [0.1, 0.15) is 33.6 Å². The molecule has 0 aliphatic carbocycles. The molecule has 5 heteroatoms. The van der Waals surface area contributed by atoms with E-state index < -0.39 is 11.5 Å². The van der Waals surface area contributed by atoms with Crippen LogP contribution in [0.2, 0.25) is 0 Å². The van der Waals surface area contributed by atoms with Crippen LogP contribution in [-0.4, -0.2) is 30.6 Å². The maximum absolute atomic E-state index is 11.7. The Labute approximate surface area is 102 Å². The van der Waals surface area contributed by atoms with Gasteiger partial charge in [-0.05, 0) is 33.6 Å². The van der Waals surface area contributed by atoms with Gasteiger partial charge < -0.3 is 15.4 Å². The predicted octanol–water partition coefficient (Wildman–Crippen LogP) is 0.710. The summed E-state index contributed by atoms with van der Waals surface area (Å²) in [5.41, 5.74) is -0.0942. The first-order chi connectivity index (χ1) is 7.85. The van der Waals surface area contributed by atoms with Crippen LogP contribution in [-0.2, 0) is 14.3 Å². The zero-order valence-corrected chi connectivity index (χ0v) is 10.8. The van der Waals surface area contributed by atoms with Gasteiger partial charge in [-0.25, -0.2) is 4.79 Å². The minimum absolute atomic E-state index is 0.281. The molecule has 0 saturated carbocycles. The Morgan fingerprint density at radius 2 is 2.18 bits per heavy atom. The maximum Gasteiger partial charge on any atom is 0.330 e. The third kappa shape index (κ3) is 3.76. The SMILES string of the molecule is COC(=O)C(C)(C)NC(=O)/C=C1\CC[C@H](C)N1. The molecule has 1 heterocycles. The summed E-state index contributed by atoms with van der Waals surface area (Å²) in [5.74, 6) is -0.742. The van der Waals surface area contributed by atoms with Crippen molar-refractivity contribution in [3.63, 3.8) is 0 Å². The normalized spacial score (nSPS) is 22.1. The minimum atomic E-state index is -1.01. The van der Waals surface area contributed by atoms with Gasteiger partial charge in [-0.2, -0.15) is 0 Å². The summed E-state index contributed by atoms with van der Waals surface area (Å²) < 4.78 is 4.61. The Balaban J connectivity index is 2.58. The monoisotopic (exact) mass is 240 g/mol. The number of amides is 1. The van der Waals surface area contributed by atoms with Crippen LogP contribution in [0.25, 0.3) is 0 Å². The number of carbonyl (C=O) groups is 2. The Kier molecular flexibility index (Phi) is 4.15. The van der Waals surface area contributed by atoms with Gasteiger partial charge in [0.1, 0.15) is 5.54 Å². The molecule has 1 fully saturated rings. The van der Waals surface area contributed by atoms with E-state index in [1.54, 1.807) is 13.8 Å². The van der Waals surface area contributed by atoms with Crippen LogP contribution in [0.3, 0.4) is 0 Å². The van der Waals surface area contributed by atoms with Crippen molar-refractivity contribution in [3.05, 3.63) is 11.8 Å². The maximum atomic E-state index is 11.7. The second-order valence-electron chi connectivity index (χ2n) is 4.86. The lowest BCUT2D eigenvalue weighted by Gasteiger charge is -2.22. The molecule has 1 aliphatic heterocycles. The number of carbonyl (C=O) groups excluding carboxylic acids is 2. The molecule has 1 saturated heterocycles. The second kappa shape index (κ2) is 5.21. The molecule has 96 valence electrons. The quantitative estimate of drug-likeness (QED) is 0.563. The zero-order valence-electron chi connectivity index (χ0n) is 10.8. The summed E-state index contributed by atoms with van der Waals surface area (Å²) in [7, 11) is 1.30. The van der Waals surface area contributed by atoms with Crippen molar-refractivity contribution in [3.8, 4) is 0 Å². The molecule has 0 aromatic rings. The van der Waals surface area contributed by atoms with Gasteiger partial charge in [-0.15, -0.1) is 0 Å². The highest BCUT2D eigenvalue weighted by Crippen LogP contribution is 2.14. The number of ether oxygens (including phenoxy) is 1. The lowest BCUT2D eigenvalue weighted by atomic mass is 10.1. The van der Waals surface area contributed by atoms with Gasteiger partial charge in [-0.1, -0.05) is 0 Å². The highest BCUT2D eigenvalue weighted by molar-refractivity contribution is 5.93. The number of rotatable bonds is 3. The standard InChI is InChI=1S/C12H20N2O3/c1-8-5-6-9(13-8)7-10(15)14-12(2,3)11(16)17-4/h7-8,13H,5-6H2,1-4H3,(H,14,15)/b9-7+/t8-/m0/s1. The third-order valence-electron chi connectivity index (χ3n) is 2.72. The van der Waals surface area contributed by atoms with Gasteiger partial charge in [-0.3, -0.25) is 4.79 Å². The van der Waals surface area contributed by atoms with Gasteiger partial charge in [0.2, 0.25) is 5.91 Å². The van der Waals surface area contributed by atoms with Crippen LogP contribution in [0.15, 0.2) is 11.8 Å². The lowest BCUT2D eigenvalue weighted by molar-refractivity contribution is -0.148.